The van der Waals surface area contributed by atoms with Crippen LogP contribution in [0, 0.1) is 5.41 Å². The molecule has 1 amide bonds. The highest BCUT2D eigenvalue weighted by Crippen LogP contribution is 2.18. The van der Waals surface area contributed by atoms with Crippen molar-refractivity contribution in [3.8, 4) is 0 Å². The molecule has 1 aliphatic rings. The number of carbonyl (C=O) groups excluding carboxylic acids is 1. The van der Waals surface area contributed by atoms with Crippen molar-refractivity contribution in [3.63, 3.8) is 0 Å². The van der Waals surface area contributed by atoms with E-state index in [0.717, 1.165) is 37.1 Å². The predicted molar refractivity (Wildman–Crippen MR) is 136 cm³/mol. The fourth-order valence-electron chi connectivity index (χ4n) is 4.00. The number of aryl methyl sites for hydroxylation is 2. The van der Waals surface area contributed by atoms with Gasteiger partial charge in [-0.2, -0.15) is 0 Å². The zero-order valence-corrected chi connectivity index (χ0v) is 18.7. The van der Waals surface area contributed by atoms with Gasteiger partial charge in [0.25, 0.3) is 5.91 Å². The lowest BCUT2D eigenvalue weighted by Crippen LogP contribution is -2.35. The van der Waals surface area contributed by atoms with Crippen molar-refractivity contribution >= 4 is 29.2 Å². The van der Waals surface area contributed by atoms with Gasteiger partial charge in [0.05, 0.1) is 5.02 Å². The van der Waals surface area contributed by atoms with Crippen molar-refractivity contribution in [3.05, 3.63) is 94.1 Å². The van der Waals surface area contributed by atoms with Crippen molar-refractivity contribution in [1.29, 1.82) is 5.41 Å². The molecule has 33 heavy (non-hydrogen) atoms. The van der Waals surface area contributed by atoms with E-state index in [1.807, 2.05) is 36.4 Å². The molecule has 0 atom stereocenters. The fraction of sp³-hybridized carbons (Fsp3) is 0.296. The molecule has 172 valence electrons. The monoisotopic (exact) mass is 462 g/mol. The predicted octanol–water partition coefficient (Wildman–Crippen LogP) is 6.22. The summed E-state index contributed by atoms with van der Waals surface area (Å²) in [5.74, 6) is 0.913. The van der Waals surface area contributed by atoms with Gasteiger partial charge in [0.1, 0.15) is 11.7 Å². The fourth-order valence-corrected chi connectivity index (χ4v) is 4.11. The minimum atomic E-state index is -0.180. The van der Waals surface area contributed by atoms with Crippen LogP contribution in [0.4, 0.5) is 5.82 Å². The van der Waals surface area contributed by atoms with Gasteiger partial charge in [-0.25, -0.2) is 4.98 Å². The summed E-state index contributed by atoms with van der Waals surface area (Å²) in [5.41, 5.74) is 3.79. The summed E-state index contributed by atoms with van der Waals surface area (Å²) in [4.78, 5) is 19.1. The van der Waals surface area contributed by atoms with Crippen LogP contribution in [-0.4, -0.2) is 34.7 Å². The lowest BCUT2D eigenvalue weighted by Gasteiger charge is -2.29. The Balaban J connectivity index is 0.00000306. The summed E-state index contributed by atoms with van der Waals surface area (Å²) >= 11 is 5.87. The van der Waals surface area contributed by atoms with E-state index in [2.05, 4.69) is 27.3 Å². The van der Waals surface area contributed by atoms with Crippen LogP contribution in [0.3, 0.4) is 0 Å². The van der Waals surface area contributed by atoms with Gasteiger partial charge in [0.15, 0.2) is 0 Å². The molecule has 0 unspecified atom stereocenters. The number of hydrogen-bond acceptors (Lipinski definition) is 3. The SMILES string of the molecule is C.N=C(c1ccc(CCc2ccccc2C(=O)Nc2ccc(Cl)cn2)cc1)N1CCCCC1. The third kappa shape index (κ3) is 6.42. The number of likely N-dealkylation sites (tertiary alicyclic amines) is 1. The van der Waals surface area contributed by atoms with Crippen molar-refractivity contribution < 1.29 is 4.79 Å². The molecule has 2 heterocycles. The number of nitrogens with zero attached hydrogens (tertiary/aromatic N) is 2. The van der Waals surface area contributed by atoms with Crippen LogP contribution in [0.5, 0.6) is 0 Å². The Bertz CT molecular complexity index is 1070. The van der Waals surface area contributed by atoms with E-state index < -0.39 is 0 Å². The number of hydrogen-bond donors (Lipinski definition) is 2. The Morgan fingerprint density at radius 3 is 2.39 bits per heavy atom. The maximum Gasteiger partial charge on any atom is 0.257 e. The van der Waals surface area contributed by atoms with E-state index >= 15 is 0 Å². The maximum atomic E-state index is 12.8. The molecule has 0 saturated carbocycles. The summed E-state index contributed by atoms with van der Waals surface area (Å²) in [5, 5.41) is 11.8. The lowest BCUT2D eigenvalue weighted by atomic mass is 9.98. The molecular weight excluding hydrogens is 432 g/mol. The highest BCUT2D eigenvalue weighted by Gasteiger charge is 2.15. The largest absolute Gasteiger partial charge is 0.357 e. The number of piperidine rings is 1. The Labute approximate surface area is 201 Å². The number of amides is 1. The first-order valence-electron chi connectivity index (χ1n) is 11.0. The number of halogens is 1. The van der Waals surface area contributed by atoms with Crippen molar-refractivity contribution in [2.24, 2.45) is 0 Å². The first kappa shape index (κ1) is 24.5. The molecule has 1 aromatic heterocycles. The maximum absolute atomic E-state index is 12.8. The van der Waals surface area contributed by atoms with Crippen LogP contribution < -0.4 is 5.32 Å². The standard InChI is InChI=1S/C26H27ClN4O.CH4/c27-22-14-15-24(29-18-22)30-26(32)23-7-3-2-6-20(23)11-8-19-9-12-21(13-10-19)25(28)31-16-4-1-5-17-31;/h2-3,6-7,9-10,12-15,18,28H,1,4-5,8,11,16-17H2,(H,29,30,32);1H4. The van der Waals surface area contributed by atoms with Gasteiger partial charge in [-0.15, -0.1) is 0 Å². The van der Waals surface area contributed by atoms with Crippen LogP contribution in [0.1, 0.15) is 53.7 Å². The van der Waals surface area contributed by atoms with Crippen molar-refractivity contribution in [1.82, 2.24) is 9.88 Å². The van der Waals surface area contributed by atoms with Gasteiger partial charge in [-0.1, -0.05) is 61.5 Å². The van der Waals surface area contributed by atoms with Crippen LogP contribution in [0.15, 0.2) is 66.9 Å². The number of nitrogens with one attached hydrogen (secondary N) is 2. The minimum Gasteiger partial charge on any atom is -0.357 e. The molecule has 0 spiro atoms. The van der Waals surface area contributed by atoms with E-state index in [0.29, 0.717) is 22.2 Å². The van der Waals surface area contributed by atoms with Crippen LogP contribution in [0.2, 0.25) is 5.02 Å². The molecule has 1 fully saturated rings. The molecular formula is C27H31ClN4O. The van der Waals surface area contributed by atoms with Gasteiger partial charge in [0.2, 0.25) is 0 Å². The molecule has 0 radical (unpaired) electrons. The zero-order valence-electron chi connectivity index (χ0n) is 18.0. The highest BCUT2D eigenvalue weighted by atomic mass is 35.5. The molecule has 0 aliphatic carbocycles. The van der Waals surface area contributed by atoms with E-state index in [1.54, 1.807) is 12.1 Å². The second kappa shape index (κ2) is 11.6. The Morgan fingerprint density at radius 2 is 1.70 bits per heavy atom. The van der Waals surface area contributed by atoms with Gasteiger partial charge in [0, 0.05) is 30.4 Å². The summed E-state index contributed by atoms with van der Waals surface area (Å²) in [7, 11) is 0. The van der Waals surface area contributed by atoms with Crippen LogP contribution >= 0.6 is 11.6 Å². The third-order valence-electron chi connectivity index (χ3n) is 5.81. The first-order valence-corrected chi connectivity index (χ1v) is 11.4. The second-order valence-corrected chi connectivity index (χ2v) is 8.50. The van der Waals surface area contributed by atoms with E-state index in [1.165, 1.54) is 31.0 Å². The zero-order chi connectivity index (χ0) is 22.3. The summed E-state index contributed by atoms with van der Waals surface area (Å²) < 4.78 is 0. The average molecular weight is 463 g/mol. The van der Waals surface area contributed by atoms with Gasteiger partial charge >= 0.3 is 0 Å². The smallest absolute Gasteiger partial charge is 0.257 e. The Hall–Kier alpha value is -3.18. The number of aromatic nitrogens is 1. The van der Waals surface area contributed by atoms with Crippen LogP contribution in [0.25, 0.3) is 0 Å². The molecule has 1 saturated heterocycles. The average Bonchev–Trinajstić information content (AvgIpc) is 2.85. The van der Waals surface area contributed by atoms with E-state index in [9.17, 15) is 4.79 Å². The Morgan fingerprint density at radius 1 is 0.970 bits per heavy atom. The number of carbonyl (C=O) groups is 1. The number of rotatable bonds is 6. The molecule has 1 aliphatic heterocycles. The molecule has 2 aromatic carbocycles. The summed E-state index contributed by atoms with van der Waals surface area (Å²) in [6, 6.07) is 19.3. The van der Waals surface area contributed by atoms with Gasteiger partial charge < -0.3 is 10.2 Å². The lowest BCUT2D eigenvalue weighted by molar-refractivity contribution is 0.102. The Kier molecular flexibility index (Phi) is 8.61. The third-order valence-corrected chi connectivity index (χ3v) is 6.04. The minimum absolute atomic E-state index is 0. The number of amidine groups is 1. The second-order valence-electron chi connectivity index (χ2n) is 8.07. The topological polar surface area (TPSA) is 69.1 Å². The van der Waals surface area contributed by atoms with Crippen molar-refractivity contribution in [2.75, 3.05) is 18.4 Å². The number of anilines is 1. The van der Waals surface area contributed by atoms with Crippen LogP contribution in [-0.2, 0) is 12.8 Å². The molecule has 6 heteroatoms. The molecule has 2 N–H and O–H groups in total. The number of pyridine rings is 1. The molecule has 3 aromatic rings. The van der Waals surface area contributed by atoms with E-state index in [-0.39, 0.29) is 13.3 Å². The quantitative estimate of drug-likeness (QED) is 0.337. The van der Waals surface area contributed by atoms with E-state index in [4.69, 9.17) is 17.0 Å². The van der Waals surface area contributed by atoms with Gasteiger partial charge in [-0.3, -0.25) is 10.2 Å². The number of benzene rings is 2. The van der Waals surface area contributed by atoms with Gasteiger partial charge in [-0.05, 0) is 61.4 Å². The molecule has 0 bridgehead atoms. The summed E-state index contributed by atoms with van der Waals surface area (Å²) in [6.45, 7) is 1.95. The molecule has 5 nitrogen and oxygen atoms in total. The normalized spacial score (nSPS) is 13.2. The molecule has 4 rings (SSSR count). The first-order chi connectivity index (χ1) is 15.6. The highest BCUT2D eigenvalue weighted by molar-refractivity contribution is 6.30. The van der Waals surface area contributed by atoms with Crippen molar-refractivity contribution in [2.45, 2.75) is 39.5 Å². The summed E-state index contributed by atoms with van der Waals surface area (Å²) in [6.07, 6.45) is 6.68.